The van der Waals surface area contributed by atoms with E-state index in [0.29, 0.717) is 12.5 Å². The first-order valence-corrected chi connectivity index (χ1v) is 6.07. The highest BCUT2D eigenvalue weighted by atomic mass is 15.1. The summed E-state index contributed by atoms with van der Waals surface area (Å²) in [5.41, 5.74) is 8.94. The molecule has 0 aliphatic heterocycles. The summed E-state index contributed by atoms with van der Waals surface area (Å²) in [7, 11) is 0. The average molecular weight is 245 g/mol. The molecule has 2 rings (SSSR count). The summed E-state index contributed by atoms with van der Waals surface area (Å²) in [4.78, 5) is 12.0. The molecule has 96 valence electrons. The zero-order valence-corrected chi connectivity index (χ0v) is 11.0. The van der Waals surface area contributed by atoms with Gasteiger partial charge in [0, 0.05) is 6.04 Å². The maximum atomic E-state index is 5.74. The van der Waals surface area contributed by atoms with Crippen LogP contribution in [0.2, 0.25) is 0 Å². The van der Waals surface area contributed by atoms with Crippen LogP contribution in [0.15, 0.2) is 23.2 Å². The Labute approximate surface area is 107 Å². The highest BCUT2D eigenvalue weighted by Crippen LogP contribution is 2.15. The molecule has 18 heavy (non-hydrogen) atoms. The van der Waals surface area contributed by atoms with E-state index >= 15 is 0 Å². The molecule has 0 spiro atoms. The van der Waals surface area contributed by atoms with Crippen molar-refractivity contribution in [3.63, 3.8) is 0 Å². The van der Waals surface area contributed by atoms with Gasteiger partial charge in [-0.05, 0) is 32.4 Å². The minimum atomic E-state index is 0.284. The normalized spacial score (nSPS) is 12.3. The van der Waals surface area contributed by atoms with Crippen molar-refractivity contribution in [1.82, 2.24) is 15.3 Å². The number of para-hydroxylation sites is 1. The van der Waals surface area contributed by atoms with E-state index in [0.717, 1.165) is 22.4 Å². The van der Waals surface area contributed by atoms with E-state index in [1.54, 1.807) is 0 Å². The van der Waals surface area contributed by atoms with Gasteiger partial charge in [-0.3, -0.25) is 0 Å². The molecule has 1 aromatic carbocycles. The van der Waals surface area contributed by atoms with Crippen molar-refractivity contribution in [3.8, 4) is 0 Å². The number of rotatable bonds is 3. The number of aliphatic imine (C=N–C) groups is 1. The van der Waals surface area contributed by atoms with E-state index in [-0.39, 0.29) is 6.04 Å². The fraction of sp³-hybridized carbons (Fsp3) is 0.385. The van der Waals surface area contributed by atoms with E-state index in [1.165, 1.54) is 0 Å². The lowest BCUT2D eigenvalue weighted by Gasteiger charge is -2.07. The number of aromatic amines is 1. The minimum Gasteiger partial charge on any atom is -0.370 e. The smallest absolute Gasteiger partial charge is 0.189 e. The third kappa shape index (κ3) is 2.80. The van der Waals surface area contributed by atoms with Crippen molar-refractivity contribution in [2.45, 2.75) is 33.4 Å². The lowest BCUT2D eigenvalue weighted by Crippen LogP contribution is -2.36. The minimum absolute atomic E-state index is 0.284. The molecule has 0 fully saturated rings. The summed E-state index contributed by atoms with van der Waals surface area (Å²) < 4.78 is 0. The fourth-order valence-corrected chi connectivity index (χ4v) is 1.80. The van der Waals surface area contributed by atoms with Crippen molar-refractivity contribution in [3.05, 3.63) is 29.6 Å². The molecule has 0 unspecified atom stereocenters. The van der Waals surface area contributed by atoms with Gasteiger partial charge in [-0.25, -0.2) is 9.98 Å². The Balaban J connectivity index is 2.15. The van der Waals surface area contributed by atoms with Crippen molar-refractivity contribution in [2.24, 2.45) is 10.7 Å². The van der Waals surface area contributed by atoms with Gasteiger partial charge in [0.2, 0.25) is 0 Å². The van der Waals surface area contributed by atoms with Crippen LogP contribution in [0.3, 0.4) is 0 Å². The Morgan fingerprint density at radius 3 is 2.94 bits per heavy atom. The Morgan fingerprint density at radius 2 is 2.28 bits per heavy atom. The lowest BCUT2D eigenvalue weighted by molar-refractivity contribution is 0.722. The Hall–Kier alpha value is -2.04. The average Bonchev–Trinajstić information content (AvgIpc) is 2.70. The van der Waals surface area contributed by atoms with Crippen LogP contribution in [-0.4, -0.2) is 22.0 Å². The van der Waals surface area contributed by atoms with Crippen molar-refractivity contribution in [2.75, 3.05) is 0 Å². The summed E-state index contributed by atoms with van der Waals surface area (Å²) in [6, 6.07) is 6.35. The number of aromatic nitrogens is 2. The summed E-state index contributed by atoms with van der Waals surface area (Å²) in [5.74, 6) is 1.27. The first-order valence-electron chi connectivity index (χ1n) is 6.07. The molecule has 5 heteroatoms. The Morgan fingerprint density at radius 1 is 1.50 bits per heavy atom. The highest BCUT2D eigenvalue weighted by molar-refractivity contribution is 5.79. The monoisotopic (exact) mass is 245 g/mol. The molecule has 0 atom stereocenters. The third-order valence-corrected chi connectivity index (χ3v) is 2.60. The van der Waals surface area contributed by atoms with E-state index in [1.807, 2.05) is 39.0 Å². The maximum absolute atomic E-state index is 5.74. The number of hydrogen-bond acceptors (Lipinski definition) is 2. The molecule has 0 radical (unpaired) electrons. The predicted molar refractivity (Wildman–Crippen MR) is 74.4 cm³/mol. The van der Waals surface area contributed by atoms with E-state index in [2.05, 4.69) is 20.3 Å². The second-order valence-electron chi connectivity index (χ2n) is 4.66. The van der Waals surface area contributed by atoms with Crippen LogP contribution in [0.4, 0.5) is 0 Å². The van der Waals surface area contributed by atoms with Crippen LogP contribution >= 0.6 is 0 Å². The molecule has 2 aromatic rings. The van der Waals surface area contributed by atoms with Gasteiger partial charge in [0.05, 0.1) is 11.0 Å². The summed E-state index contributed by atoms with van der Waals surface area (Å²) in [6.45, 7) is 6.55. The van der Waals surface area contributed by atoms with E-state index < -0.39 is 0 Å². The number of benzene rings is 1. The predicted octanol–water partition coefficient (Wildman–Crippen LogP) is 1.68. The van der Waals surface area contributed by atoms with Gasteiger partial charge in [0.25, 0.3) is 0 Å². The van der Waals surface area contributed by atoms with Gasteiger partial charge in [0.1, 0.15) is 12.4 Å². The molecule has 5 nitrogen and oxygen atoms in total. The molecule has 0 saturated heterocycles. The molecular formula is C13H19N5. The van der Waals surface area contributed by atoms with Crippen LogP contribution in [0, 0.1) is 6.92 Å². The Bertz CT molecular complexity index is 568. The quantitative estimate of drug-likeness (QED) is 0.568. The third-order valence-electron chi connectivity index (χ3n) is 2.60. The van der Waals surface area contributed by atoms with Gasteiger partial charge in [-0.1, -0.05) is 12.1 Å². The number of guanidine groups is 1. The number of fused-ring (bicyclic) bond motifs is 1. The number of hydrogen-bond donors (Lipinski definition) is 3. The SMILES string of the molecule is Cc1cccc2[nH]c(CN=C(N)NC(C)C)nc12. The van der Waals surface area contributed by atoms with Crippen LogP contribution in [0.1, 0.15) is 25.2 Å². The van der Waals surface area contributed by atoms with Crippen LogP contribution in [0.5, 0.6) is 0 Å². The number of aryl methyl sites for hydroxylation is 1. The van der Waals surface area contributed by atoms with Gasteiger partial charge >= 0.3 is 0 Å². The van der Waals surface area contributed by atoms with Crippen LogP contribution < -0.4 is 11.1 Å². The molecule has 1 aromatic heterocycles. The molecular weight excluding hydrogens is 226 g/mol. The maximum Gasteiger partial charge on any atom is 0.189 e. The number of nitrogens with two attached hydrogens (primary N) is 1. The molecule has 0 aliphatic carbocycles. The van der Waals surface area contributed by atoms with Gasteiger partial charge < -0.3 is 16.0 Å². The standard InChI is InChI=1S/C13H19N5/c1-8(2)16-13(14)15-7-11-17-10-6-4-5-9(3)12(10)18-11/h4-6,8H,7H2,1-3H3,(H,17,18)(H3,14,15,16). The van der Waals surface area contributed by atoms with Gasteiger partial charge in [-0.15, -0.1) is 0 Å². The number of imidazole rings is 1. The summed E-state index contributed by atoms with van der Waals surface area (Å²) >= 11 is 0. The summed E-state index contributed by atoms with van der Waals surface area (Å²) in [5, 5.41) is 3.04. The highest BCUT2D eigenvalue weighted by Gasteiger charge is 2.04. The molecule has 0 amide bonds. The van der Waals surface area contributed by atoms with Crippen LogP contribution in [-0.2, 0) is 6.54 Å². The lowest BCUT2D eigenvalue weighted by atomic mass is 10.2. The van der Waals surface area contributed by atoms with Gasteiger partial charge in [0.15, 0.2) is 5.96 Å². The number of nitrogens with one attached hydrogen (secondary N) is 2. The molecule has 0 saturated carbocycles. The van der Waals surface area contributed by atoms with Gasteiger partial charge in [-0.2, -0.15) is 0 Å². The Kier molecular flexibility index (Phi) is 3.50. The fourth-order valence-electron chi connectivity index (χ4n) is 1.80. The second kappa shape index (κ2) is 5.08. The van der Waals surface area contributed by atoms with E-state index in [4.69, 9.17) is 5.73 Å². The van der Waals surface area contributed by atoms with E-state index in [9.17, 15) is 0 Å². The molecule has 1 heterocycles. The molecule has 0 bridgehead atoms. The van der Waals surface area contributed by atoms with Crippen LogP contribution in [0.25, 0.3) is 11.0 Å². The zero-order chi connectivity index (χ0) is 13.1. The van der Waals surface area contributed by atoms with Crippen molar-refractivity contribution in [1.29, 1.82) is 0 Å². The first-order chi connectivity index (χ1) is 8.56. The zero-order valence-electron chi connectivity index (χ0n) is 11.0. The molecule has 4 N–H and O–H groups in total. The second-order valence-corrected chi connectivity index (χ2v) is 4.66. The number of H-pyrrole nitrogens is 1. The topological polar surface area (TPSA) is 79.1 Å². The van der Waals surface area contributed by atoms with Crippen molar-refractivity contribution >= 4 is 17.0 Å². The largest absolute Gasteiger partial charge is 0.370 e. The number of nitrogens with zero attached hydrogens (tertiary/aromatic N) is 2. The van der Waals surface area contributed by atoms with Crippen molar-refractivity contribution < 1.29 is 0 Å². The molecule has 0 aliphatic rings. The first kappa shape index (κ1) is 12.4. The summed E-state index contributed by atoms with van der Waals surface area (Å²) in [6.07, 6.45) is 0.